The number of aryl methyl sites for hydroxylation is 1. The molecule has 1 aromatic carbocycles. The number of aromatic nitrogens is 1. The maximum absolute atomic E-state index is 2.40. The largest absolute Gasteiger partial charge is 1.00 e. The summed E-state index contributed by atoms with van der Waals surface area (Å²) in [6.07, 6.45) is 14.5. The highest BCUT2D eigenvalue weighted by Gasteiger charge is 2.09. The van der Waals surface area contributed by atoms with Crippen molar-refractivity contribution >= 4 is 0 Å². The van der Waals surface area contributed by atoms with E-state index in [0.717, 1.165) is 6.54 Å². The van der Waals surface area contributed by atoms with E-state index in [2.05, 4.69) is 66.2 Å². The van der Waals surface area contributed by atoms with Crippen molar-refractivity contribution in [3.8, 4) is 0 Å². The molecule has 0 saturated carbocycles. The number of hydrogen-bond acceptors (Lipinski definition) is 0. The third-order valence-electron chi connectivity index (χ3n) is 4.52. The van der Waals surface area contributed by atoms with Gasteiger partial charge in [0.15, 0.2) is 18.4 Å². The lowest BCUT2D eigenvalue weighted by Gasteiger charge is -2.05. The van der Waals surface area contributed by atoms with Gasteiger partial charge in [0.05, 0.1) is 0 Å². The molecule has 0 spiro atoms. The molecule has 1 nitrogen and oxygen atoms in total. The van der Waals surface area contributed by atoms with E-state index >= 15 is 0 Å². The third kappa shape index (κ3) is 7.97. The zero-order chi connectivity index (χ0) is 16.2. The molecular weight excluding hydrogens is 314 g/mol. The summed E-state index contributed by atoms with van der Waals surface area (Å²) in [5.74, 6) is 0. The second-order valence-electron chi connectivity index (χ2n) is 6.53. The Hall–Kier alpha value is -1.34. The molecule has 0 saturated heterocycles. The van der Waals surface area contributed by atoms with Crippen LogP contribution in [-0.4, -0.2) is 0 Å². The Kier molecular flexibility index (Phi) is 11.2. The molecule has 0 aliphatic rings. The molecule has 0 radical (unpaired) electrons. The van der Waals surface area contributed by atoms with Crippen LogP contribution in [0.3, 0.4) is 0 Å². The minimum Gasteiger partial charge on any atom is -1.00 e. The van der Waals surface area contributed by atoms with Gasteiger partial charge in [-0.3, -0.25) is 0 Å². The van der Waals surface area contributed by atoms with Gasteiger partial charge in [-0.05, 0) is 6.42 Å². The van der Waals surface area contributed by atoms with E-state index in [1.807, 2.05) is 0 Å². The highest BCUT2D eigenvalue weighted by molar-refractivity contribution is 5.13. The maximum Gasteiger partial charge on any atom is 0.181 e. The Morgan fingerprint density at radius 1 is 0.708 bits per heavy atom. The predicted molar refractivity (Wildman–Crippen MR) is 98.5 cm³/mol. The zero-order valence-electron chi connectivity index (χ0n) is 15.1. The molecule has 24 heavy (non-hydrogen) atoms. The monoisotopic (exact) mass is 345 g/mol. The van der Waals surface area contributed by atoms with Crippen LogP contribution in [0.2, 0.25) is 0 Å². The lowest BCUT2D eigenvalue weighted by atomic mass is 10.1. The van der Waals surface area contributed by atoms with Crippen LogP contribution in [0.15, 0.2) is 54.7 Å². The molecule has 1 heterocycles. The van der Waals surface area contributed by atoms with Gasteiger partial charge >= 0.3 is 0 Å². The molecule has 0 unspecified atom stereocenters. The smallest absolute Gasteiger partial charge is 0.181 e. The highest BCUT2D eigenvalue weighted by atomic mass is 35.5. The lowest BCUT2D eigenvalue weighted by Crippen LogP contribution is -3.00. The van der Waals surface area contributed by atoms with E-state index in [4.69, 9.17) is 0 Å². The summed E-state index contributed by atoms with van der Waals surface area (Å²) >= 11 is 0. The summed E-state index contributed by atoms with van der Waals surface area (Å²) in [5.41, 5.74) is 2.84. The first-order valence-electron chi connectivity index (χ1n) is 9.41. The van der Waals surface area contributed by atoms with E-state index in [0.29, 0.717) is 0 Å². The molecule has 0 fully saturated rings. The topological polar surface area (TPSA) is 3.88 Å². The van der Waals surface area contributed by atoms with Crippen LogP contribution in [0, 0.1) is 0 Å². The van der Waals surface area contributed by atoms with Crippen LogP contribution in [0.4, 0.5) is 0 Å². The van der Waals surface area contributed by atoms with Gasteiger partial charge in [-0.15, -0.1) is 0 Å². The number of pyridine rings is 1. The number of hydrogen-bond donors (Lipinski definition) is 0. The average molecular weight is 346 g/mol. The molecule has 0 aliphatic heterocycles. The van der Waals surface area contributed by atoms with Gasteiger partial charge in [0.25, 0.3) is 0 Å². The third-order valence-corrected chi connectivity index (χ3v) is 4.52. The summed E-state index contributed by atoms with van der Waals surface area (Å²) in [7, 11) is 0. The number of halogens is 1. The molecule has 0 aliphatic carbocycles. The lowest BCUT2D eigenvalue weighted by molar-refractivity contribution is -0.695. The van der Waals surface area contributed by atoms with Gasteiger partial charge in [0.2, 0.25) is 0 Å². The van der Waals surface area contributed by atoms with Crippen molar-refractivity contribution in [1.82, 2.24) is 0 Å². The fraction of sp³-hybridized carbons (Fsp3) is 0.500. The van der Waals surface area contributed by atoms with Crippen molar-refractivity contribution in [3.05, 3.63) is 66.0 Å². The average Bonchev–Trinajstić information content (AvgIpc) is 2.59. The molecule has 2 aromatic rings. The highest BCUT2D eigenvalue weighted by Crippen LogP contribution is 2.10. The molecule has 2 heteroatoms. The van der Waals surface area contributed by atoms with Gasteiger partial charge in [-0.25, -0.2) is 0 Å². The molecule has 132 valence electrons. The van der Waals surface area contributed by atoms with Crippen LogP contribution >= 0.6 is 0 Å². The maximum atomic E-state index is 2.40. The van der Waals surface area contributed by atoms with Crippen molar-refractivity contribution in [2.24, 2.45) is 0 Å². The molecular formula is C22H32ClN. The van der Waals surface area contributed by atoms with Gasteiger partial charge in [-0.1, -0.05) is 88.3 Å². The first kappa shape index (κ1) is 20.7. The molecule has 0 amide bonds. The molecule has 0 atom stereocenters. The minimum atomic E-state index is 0. The van der Waals surface area contributed by atoms with Crippen molar-refractivity contribution in [3.63, 3.8) is 0 Å². The first-order valence-corrected chi connectivity index (χ1v) is 9.41. The van der Waals surface area contributed by atoms with Crippen LogP contribution in [0.1, 0.15) is 69.5 Å². The van der Waals surface area contributed by atoms with Gasteiger partial charge in [-0.2, -0.15) is 4.57 Å². The predicted octanol–water partition coefficient (Wildman–Crippen LogP) is 2.71. The van der Waals surface area contributed by atoms with Crippen molar-refractivity contribution in [2.45, 2.75) is 71.3 Å². The van der Waals surface area contributed by atoms with Gasteiger partial charge < -0.3 is 12.4 Å². The number of nitrogens with zero attached hydrogens (tertiary/aromatic N) is 1. The first-order chi connectivity index (χ1) is 11.4. The normalized spacial score (nSPS) is 10.4. The van der Waals surface area contributed by atoms with Crippen molar-refractivity contribution < 1.29 is 17.0 Å². The van der Waals surface area contributed by atoms with E-state index in [1.54, 1.807) is 0 Å². The summed E-state index contributed by atoms with van der Waals surface area (Å²) in [6.45, 7) is 3.26. The molecule has 0 bridgehead atoms. The molecule has 2 rings (SSSR count). The number of benzene rings is 1. The van der Waals surface area contributed by atoms with E-state index in [1.165, 1.54) is 69.0 Å². The summed E-state index contributed by atoms with van der Waals surface area (Å²) < 4.78 is 2.40. The second kappa shape index (κ2) is 13.0. The van der Waals surface area contributed by atoms with Crippen LogP contribution in [0.5, 0.6) is 0 Å². The fourth-order valence-corrected chi connectivity index (χ4v) is 3.11. The standard InChI is InChI=1S/C22H32N.ClH/c1-2-3-4-5-6-7-8-12-17-22-18-13-14-19-23(22)20-21-15-10-9-11-16-21;/h9-11,13-16,18-19H,2-8,12,17,20H2,1H3;1H/q+1;/p-1. The van der Waals surface area contributed by atoms with Crippen molar-refractivity contribution in [2.75, 3.05) is 0 Å². The summed E-state index contributed by atoms with van der Waals surface area (Å²) in [6, 6.07) is 17.3. The number of unbranched alkanes of at least 4 members (excludes halogenated alkanes) is 7. The second-order valence-corrected chi connectivity index (χ2v) is 6.53. The Morgan fingerprint density at radius 3 is 2.04 bits per heavy atom. The van der Waals surface area contributed by atoms with Crippen LogP contribution < -0.4 is 17.0 Å². The van der Waals surface area contributed by atoms with E-state index in [-0.39, 0.29) is 12.4 Å². The van der Waals surface area contributed by atoms with Gasteiger partial charge in [0.1, 0.15) is 0 Å². The summed E-state index contributed by atoms with van der Waals surface area (Å²) in [5, 5.41) is 0. The van der Waals surface area contributed by atoms with Crippen LogP contribution in [-0.2, 0) is 13.0 Å². The molecule has 1 aromatic heterocycles. The van der Waals surface area contributed by atoms with Crippen molar-refractivity contribution in [1.29, 1.82) is 0 Å². The zero-order valence-corrected chi connectivity index (χ0v) is 15.8. The fourth-order valence-electron chi connectivity index (χ4n) is 3.11. The van der Waals surface area contributed by atoms with E-state index < -0.39 is 0 Å². The minimum absolute atomic E-state index is 0. The van der Waals surface area contributed by atoms with Crippen LogP contribution in [0.25, 0.3) is 0 Å². The molecule has 0 N–H and O–H groups in total. The Morgan fingerprint density at radius 2 is 1.33 bits per heavy atom. The Bertz CT molecular complexity index is 539. The van der Waals surface area contributed by atoms with E-state index in [9.17, 15) is 0 Å². The Labute approximate surface area is 154 Å². The van der Waals surface area contributed by atoms with Gasteiger partial charge in [0, 0.05) is 24.1 Å². The Balaban J connectivity index is 0.00000288. The number of rotatable bonds is 11. The quantitative estimate of drug-likeness (QED) is 0.435. The SMILES string of the molecule is CCCCCCCCCCc1cccc[n+]1Cc1ccccc1.[Cl-]. The summed E-state index contributed by atoms with van der Waals surface area (Å²) in [4.78, 5) is 0.